The van der Waals surface area contributed by atoms with E-state index < -0.39 is 0 Å². The molecule has 0 radical (unpaired) electrons. The maximum Gasteiger partial charge on any atom is 0.235 e. The third kappa shape index (κ3) is 3.15. The number of halogens is 1. The standard InChI is InChI=1S/C14H11IN2O2/c1-18-13-11(7-16)14(17-8-12(13)15)19-9-10-5-3-2-4-6-10/h2-6,8H,9H2,1H3. The molecule has 1 heterocycles. The van der Waals surface area contributed by atoms with E-state index in [1.165, 1.54) is 7.11 Å². The smallest absolute Gasteiger partial charge is 0.235 e. The van der Waals surface area contributed by atoms with Crippen molar-refractivity contribution in [1.29, 1.82) is 5.26 Å². The summed E-state index contributed by atoms with van der Waals surface area (Å²) in [7, 11) is 1.53. The van der Waals surface area contributed by atoms with E-state index in [-0.39, 0.29) is 0 Å². The van der Waals surface area contributed by atoms with E-state index in [4.69, 9.17) is 9.47 Å². The fourth-order valence-electron chi connectivity index (χ4n) is 1.59. The van der Waals surface area contributed by atoms with Gasteiger partial charge in [0.1, 0.15) is 12.7 Å². The van der Waals surface area contributed by atoms with Crippen LogP contribution in [0, 0.1) is 14.9 Å². The summed E-state index contributed by atoms with van der Waals surface area (Å²) >= 11 is 2.07. The number of nitrogens with zero attached hydrogens (tertiary/aromatic N) is 2. The molecule has 0 saturated heterocycles. The number of nitriles is 1. The van der Waals surface area contributed by atoms with Gasteiger partial charge in [-0.15, -0.1) is 0 Å². The van der Waals surface area contributed by atoms with Crippen LogP contribution in [0.1, 0.15) is 11.1 Å². The Morgan fingerprint density at radius 2 is 2.05 bits per heavy atom. The van der Waals surface area contributed by atoms with Crippen LogP contribution in [0.15, 0.2) is 36.5 Å². The quantitative estimate of drug-likeness (QED) is 0.781. The van der Waals surface area contributed by atoms with Gasteiger partial charge in [-0.2, -0.15) is 5.26 Å². The van der Waals surface area contributed by atoms with Crippen molar-refractivity contribution in [3.63, 3.8) is 0 Å². The molecule has 0 bridgehead atoms. The van der Waals surface area contributed by atoms with Crippen LogP contribution >= 0.6 is 22.6 Å². The van der Waals surface area contributed by atoms with Gasteiger partial charge in [0, 0.05) is 6.20 Å². The lowest BCUT2D eigenvalue weighted by Gasteiger charge is -2.10. The number of ether oxygens (including phenoxy) is 2. The summed E-state index contributed by atoms with van der Waals surface area (Å²) in [5.74, 6) is 0.796. The van der Waals surface area contributed by atoms with Crippen molar-refractivity contribution < 1.29 is 9.47 Å². The predicted octanol–water partition coefficient (Wildman–Crippen LogP) is 3.15. The fourth-order valence-corrected chi connectivity index (χ4v) is 2.22. The lowest BCUT2D eigenvalue weighted by atomic mass is 10.2. The largest absolute Gasteiger partial charge is 0.494 e. The number of aromatic nitrogens is 1. The van der Waals surface area contributed by atoms with Gasteiger partial charge in [0.2, 0.25) is 5.88 Å². The van der Waals surface area contributed by atoms with E-state index in [0.29, 0.717) is 23.8 Å². The van der Waals surface area contributed by atoms with Crippen molar-refractivity contribution in [3.8, 4) is 17.7 Å². The van der Waals surface area contributed by atoms with Crippen molar-refractivity contribution in [2.24, 2.45) is 0 Å². The number of methoxy groups -OCH3 is 1. The molecule has 2 aromatic rings. The molecular weight excluding hydrogens is 355 g/mol. The topological polar surface area (TPSA) is 55.1 Å². The highest BCUT2D eigenvalue weighted by molar-refractivity contribution is 14.1. The molecular formula is C14H11IN2O2. The van der Waals surface area contributed by atoms with Gasteiger partial charge in [0.15, 0.2) is 11.3 Å². The van der Waals surface area contributed by atoms with Crippen LogP contribution < -0.4 is 9.47 Å². The van der Waals surface area contributed by atoms with Crippen LogP contribution in [0.4, 0.5) is 0 Å². The molecule has 0 saturated carbocycles. The average Bonchev–Trinajstić information content (AvgIpc) is 2.46. The molecule has 0 N–H and O–H groups in total. The first-order chi connectivity index (χ1) is 9.26. The van der Waals surface area contributed by atoms with Gasteiger partial charge in [-0.05, 0) is 28.2 Å². The Bertz CT molecular complexity index is 609. The van der Waals surface area contributed by atoms with Crippen molar-refractivity contribution in [1.82, 2.24) is 4.98 Å². The number of hydrogen-bond acceptors (Lipinski definition) is 4. The molecule has 1 aromatic heterocycles. The summed E-state index contributed by atoms with van der Waals surface area (Å²) in [4.78, 5) is 4.14. The molecule has 0 aliphatic heterocycles. The van der Waals surface area contributed by atoms with E-state index >= 15 is 0 Å². The summed E-state index contributed by atoms with van der Waals surface area (Å²) in [6, 6.07) is 11.8. The first kappa shape index (κ1) is 13.6. The molecule has 5 heteroatoms. The maximum absolute atomic E-state index is 9.20. The summed E-state index contributed by atoms with van der Waals surface area (Å²) in [5.41, 5.74) is 1.34. The highest BCUT2D eigenvalue weighted by Gasteiger charge is 2.15. The monoisotopic (exact) mass is 366 g/mol. The minimum Gasteiger partial charge on any atom is -0.494 e. The molecule has 4 nitrogen and oxygen atoms in total. The number of benzene rings is 1. The third-order valence-electron chi connectivity index (χ3n) is 2.49. The summed E-state index contributed by atoms with van der Waals surface area (Å²) < 4.78 is 11.6. The molecule has 2 rings (SSSR count). The predicted molar refractivity (Wildman–Crippen MR) is 79.0 cm³/mol. The lowest BCUT2D eigenvalue weighted by molar-refractivity contribution is 0.289. The third-order valence-corrected chi connectivity index (χ3v) is 3.26. The Morgan fingerprint density at radius 1 is 1.32 bits per heavy atom. The Hall–Kier alpha value is -1.81. The molecule has 0 spiro atoms. The Labute approximate surface area is 125 Å². The normalized spacial score (nSPS) is 9.74. The van der Waals surface area contributed by atoms with Gasteiger partial charge >= 0.3 is 0 Å². The van der Waals surface area contributed by atoms with Crippen molar-refractivity contribution >= 4 is 22.6 Å². The fraction of sp³-hybridized carbons (Fsp3) is 0.143. The van der Waals surface area contributed by atoms with Crippen LogP contribution in [0.2, 0.25) is 0 Å². The molecule has 0 aliphatic carbocycles. The number of pyridine rings is 1. The van der Waals surface area contributed by atoms with Crippen LogP contribution in [-0.4, -0.2) is 12.1 Å². The minimum absolute atomic E-state index is 0.295. The summed E-state index contributed by atoms with van der Waals surface area (Å²) in [6.07, 6.45) is 1.63. The van der Waals surface area contributed by atoms with E-state index in [1.807, 2.05) is 30.3 Å². The van der Waals surface area contributed by atoms with Crippen LogP contribution in [0.5, 0.6) is 11.6 Å². The van der Waals surface area contributed by atoms with Crippen molar-refractivity contribution in [2.45, 2.75) is 6.61 Å². The zero-order valence-electron chi connectivity index (χ0n) is 10.3. The number of hydrogen-bond donors (Lipinski definition) is 0. The van der Waals surface area contributed by atoms with E-state index in [2.05, 4.69) is 33.6 Å². The molecule has 0 fully saturated rings. The van der Waals surface area contributed by atoms with Crippen LogP contribution in [0.3, 0.4) is 0 Å². The van der Waals surface area contributed by atoms with Crippen LogP contribution in [-0.2, 0) is 6.61 Å². The Kier molecular flexibility index (Phi) is 4.58. The first-order valence-corrected chi connectivity index (χ1v) is 6.63. The second-order valence-electron chi connectivity index (χ2n) is 3.71. The molecule has 0 aliphatic rings. The van der Waals surface area contributed by atoms with Gasteiger partial charge in [0.05, 0.1) is 10.7 Å². The average molecular weight is 366 g/mol. The second kappa shape index (κ2) is 6.38. The second-order valence-corrected chi connectivity index (χ2v) is 4.87. The highest BCUT2D eigenvalue weighted by Crippen LogP contribution is 2.30. The summed E-state index contributed by atoms with van der Waals surface area (Å²) in [5, 5.41) is 9.20. The molecule has 0 amide bonds. The van der Waals surface area contributed by atoms with E-state index in [1.54, 1.807) is 6.20 Å². The molecule has 0 unspecified atom stereocenters. The SMILES string of the molecule is COc1c(I)cnc(OCc2ccccc2)c1C#N. The van der Waals surface area contributed by atoms with Gasteiger partial charge in [0.25, 0.3) is 0 Å². The molecule has 1 aromatic carbocycles. The van der Waals surface area contributed by atoms with Gasteiger partial charge in [-0.3, -0.25) is 0 Å². The molecule has 96 valence electrons. The van der Waals surface area contributed by atoms with Gasteiger partial charge < -0.3 is 9.47 Å². The van der Waals surface area contributed by atoms with Crippen molar-refractivity contribution in [3.05, 3.63) is 51.2 Å². The first-order valence-electron chi connectivity index (χ1n) is 5.55. The number of rotatable bonds is 4. The molecule has 19 heavy (non-hydrogen) atoms. The van der Waals surface area contributed by atoms with Crippen LogP contribution in [0.25, 0.3) is 0 Å². The zero-order chi connectivity index (χ0) is 13.7. The van der Waals surface area contributed by atoms with Crippen molar-refractivity contribution in [2.75, 3.05) is 7.11 Å². The van der Waals surface area contributed by atoms with Gasteiger partial charge in [-0.25, -0.2) is 4.98 Å². The summed E-state index contributed by atoms with van der Waals surface area (Å²) in [6.45, 7) is 0.367. The zero-order valence-corrected chi connectivity index (χ0v) is 12.4. The van der Waals surface area contributed by atoms with Gasteiger partial charge in [-0.1, -0.05) is 30.3 Å². The Morgan fingerprint density at radius 3 is 2.68 bits per heavy atom. The van der Waals surface area contributed by atoms with E-state index in [9.17, 15) is 5.26 Å². The molecule has 0 atom stereocenters. The highest BCUT2D eigenvalue weighted by atomic mass is 127. The van der Waals surface area contributed by atoms with E-state index in [0.717, 1.165) is 9.13 Å². The Balaban J connectivity index is 2.24. The minimum atomic E-state index is 0.295. The maximum atomic E-state index is 9.20. The lowest BCUT2D eigenvalue weighted by Crippen LogP contribution is -2.02.